The summed E-state index contributed by atoms with van der Waals surface area (Å²) in [5.74, 6) is 0.138. The summed E-state index contributed by atoms with van der Waals surface area (Å²) in [5.41, 5.74) is 3.41. The van der Waals surface area contributed by atoms with Crippen LogP contribution in [0.1, 0.15) is 10.4 Å². The van der Waals surface area contributed by atoms with E-state index in [0.29, 0.717) is 28.1 Å². The van der Waals surface area contributed by atoms with Crippen molar-refractivity contribution in [3.63, 3.8) is 0 Å². The molecule has 2 heterocycles. The van der Waals surface area contributed by atoms with Gasteiger partial charge in [-0.3, -0.25) is 20.2 Å². The third-order valence-corrected chi connectivity index (χ3v) is 6.28. The lowest BCUT2D eigenvalue weighted by atomic mass is 10.1. The third kappa shape index (κ3) is 5.34. The van der Waals surface area contributed by atoms with Gasteiger partial charge in [0.25, 0.3) is 11.6 Å². The molecule has 5 aromatic rings. The zero-order chi connectivity index (χ0) is 26.6. The standard InChI is InChI=1S/C26H19N5O6S/c1-36-19-8-5-15(6-9-19)24-27-20-10-7-17(12-21(20)28-24)25(33)37-13-23(32)30-26-29-22(14-38-26)16-3-2-4-18(11-16)31(34)35/h2-12,14H,13H2,1H3,(H,27,28)(H,29,30,32). The number of nitro groups is 1. The van der Waals surface area contributed by atoms with Crippen molar-refractivity contribution in [3.8, 4) is 28.4 Å². The number of nitrogens with one attached hydrogen (secondary N) is 2. The van der Waals surface area contributed by atoms with Crippen LogP contribution >= 0.6 is 11.3 Å². The van der Waals surface area contributed by atoms with Crippen LogP contribution in [0.3, 0.4) is 0 Å². The van der Waals surface area contributed by atoms with Crippen LogP contribution in [0.15, 0.2) is 72.1 Å². The third-order valence-electron chi connectivity index (χ3n) is 5.52. The molecule has 0 saturated carbocycles. The molecule has 0 unspecified atom stereocenters. The number of benzene rings is 3. The minimum Gasteiger partial charge on any atom is -0.497 e. The molecule has 1 amide bonds. The monoisotopic (exact) mass is 529 g/mol. The van der Waals surface area contributed by atoms with Crippen molar-refractivity contribution in [1.29, 1.82) is 0 Å². The number of thiazole rings is 1. The number of nitrogens with zero attached hydrogens (tertiary/aromatic N) is 3. The molecule has 11 nitrogen and oxygen atoms in total. The van der Waals surface area contributed by atoms with Gasteiger partial charge in [0.05, 0.1) is 34.3 Å². The number of esters is 1. The predicted molar refractivity (Wildman–Crippen MR) is 141 cm³/mol. The van der Waals surface area contributed by atoms with E-state index < -0.39 is 23.4 Å². The lowest BCUT2D eigenvalue weighted by molar-refractivity contribution is -0.384. The molecule has 190 valence electrons. The second-order valence-corrected chi connectivity index (χ2v) is 8.87. The zero-order valence-corrected chi connectivity index (χ0v) is 20.7. The van der Waals surface area contributed by atoms with Crippen LogP contribution in [-0.2, 0) is 9.53 Å². The molecule has 0 aliphatic carbocycles. The second-order valence-electron chi connectivity index (χ2n) is 8.02. The van der Waals surface area contributed by atoms with Gasteiger partial charge in [0.15, 0.2) is 11.7 Å². The highest BCUT2D eigenvalue weighted by Crippen LogP contribution is 2.27. The van der Waals surface area contributed by atoms with Gasteiger partial charge in [0, 0.05) is 28.6 Å². The number of aromatic amines is 1. The summed E-state index contributed by atoms with van der Waals surface area (Å²) in [6.07, 6.45) is 0. The van der Waals surface area contributed by atoms with Crippen LogP contribution in [0, 0.1) is 10.1 Å². The van der Waals surface area contributed by atoms with Gasteiger partial charge in [-0.2, -0.15) is 0 Å². The number of nitro benzene ring substituents is 1. The van der Waals surface area contributed by atoms with Crippen molar-refractivity contribution in [2.24, 2.45) is 0 Å². The van der Waals surface area contributed by atoms with Gasteiger partial charge in [-0.15, -0.1) is 11.3 Å². The number of anilines is 1. The fourth-order valence-electron chi connectivity index (χ4n) is 3.63. The van der Waals surface area contributed by atoms with E-state index in [4.69, 9.17) is 9.47 Å². The summed E-state index contributed by atoms with van der Waals surface area (Å²) in [6.45, 7) is -0.511. The first-order valence-corrected chi connectivity index (χ1v) is 12.1. The summed E-state index contributed by atoms with van der Waals surface area (Å²) in [5, 5.41) is 15.5. The Hall–Kier alpha value is -5.10. The van der Waals surface area contributed by atoms with E-state index in [2.05, 4.69) is 20.3 Å². The van der Waals surface area contributed by atoms with Crippen molar-refractivity contribution in [1.82, 2.24) is 15.0 Å². The Morgan fingerprint density at radius 3 is 2.63 bits per heavy atom. The maximum absolute atomic E-state index is 12.6. The Morgan fingerprint density at radius 2 is 1.87 bits per heavy atom. The minimum absolute atomic E-state index is 0.0572. The van der Waals surface area contributed by atoms with Crippen LogP contribution in [0.25, 0.3) is 33.7 Å². The molecule has 0 fully saturated rings. The molecule has 3 aromatic carbocycles. The number of H-pyrrole nitrogens is 1. The summed E-state index contributed by atoms with van der Waals surface area (Å²) >= 11 is 1.15. The number of aromatic nitrogens is 3. The van der Waals surface area contributed by atoms with E-state index in [9.17, 15) is 19.7 Å². The maximum atomic E-state index is 12.6. The number of carbonyl (C=O) groups excluding carboxylic acids is 2. The number of imidazole rings is 1. The number of methoxy groups -OCH3 is 1. The Bertz CT molecular complexity index is 1660. The first-order chi connectivity index (χ1) is 18.4. The van der Waals surface area contributed by atoms with Gasteiger partial charge in [-0.25, -0.2) is 14.8 Å². The summed E-state index contributed by atoms with van der Waals surface area (Å²) < 4.78 is 10.3. The average Bonchev–Trinajstić information content (AvgIpc) is 3.58. The van der Waals surface area contributed by atoms with Crippen molar-refractivity contribution >= 4 is 45.1 Å². The molecule has 0 saturated heterocycles. The highest BCUT2D eigenvalue weighted by molar-refractivity contribution is 7.14. The van der Waals surface area contributed by atoms with E-state index in [-0.39, 0.29) is 16.4 Å². The van der Waals surface area contributed by atoms with E-state index >= 15 is 0 Å². The summed E-state index contributed by atoms with van der Waals surface area (Å²) in [4.78, 5) is 47.4. The number of ether oxygens (including phenoxy) is 2. The molecular weight excluding hydrogens is 510 g/mol. The van der Waals surface area contributed by atoms with Gasteiger partial charge in [-0.05, 0) is 42.5 Å². The molecule has 2 N–H and O–H groups in total. The quantitative estimate of drug-likeness (QED) is 0.161. The Morgan fingerprint density at radius 1 is 1.05 bits per heavy atom. The lowest BCUT2D eigenvalue weighted by Crippen LogP contribution is -2.20. The molecule has 12 heteroatoms. The number of non-ortho nitro benzene ring substituents is 1. The van der Waals surface area contributed by atoms with Crippen LogP contribution in [-0.4, -0.2) is 45.5 Å². The van der Waals surface area contributed by atoms with Crippen molar-refractivity contribution in [2.45, 2.75) is 0 Å². The number of rotatable bonds is 8. The second kappa shape index (κ2) is 10.5. The Labute approximate surface area is 219 Å². The SMILES string of the molecule is COc1ccc(-c2nc3ccc(C(=O)OCC(=O)Nc4nc(-c5cccc([N+](=O)[O-])c5)cs4)cc3[nH]2)cc1. The largest absolute Gasteiger partial charge is 0.497 e. The Balaban J connectivity index is 1.20. The Kier molecular flexibility index (Phi) is 6.78. The van der Waals surface area contributed by atoms with Crippen molar-refractivity contribution < 1.29 is 24.0 Å². The van der Waals surface area contributed by atoms with Gasteiger partial charge in [0.2, 0.25) is 0 Å². The number of amides is 1. The van der Waals surface area contributed by atoms with E-state index in [1.807, 2.05) is 24.3 Å². The zero-order valence-electron chi connectivity index (χ0n) is 19.8. The van der Waals surface area contributed by atoms with Crippen molar-refractivity contribution in [2.75, 3.05) is 19.0 Å². The number of hydrogen-bond acceptors (Lipinski definition) is 9. The topological polar surface area (TPSA) is 149 Å². The van der Waals surface area contributed by atoms with Gasteiger partial charge >= 0.3 is 5.97 Å². The molecule has 0 aliphatic rings. The molecule has 2 aromatic heterocycles. The molecule has 38 heavy (non-hydrogen) atoms. The average molecular weight is 530 g/mol. The summed E-state index contributed by atoms with van der Waals surface area (Å²) in [6, 6.07) is 18.3. The van der Waals surface area contributed by atoms with Crippen molar-refractivity contribution in [3.05, 3.63) is 87.8 Å². The highest BCUT2D eigenvalue weighted by atomic mass is 32.1. The molecule has 5 rings (SSSR count). The van der Waals surface area contributed by atoms with Gasteiger partial charge in [0.1, 0.15) is 11.6 Å². The first-order valence-electron chi connectivity index (χ1n) is 11.2. The van der Waals surface area contributed by atoms with Crippen LogP contribution in [0.4, 0.5) is 10.8 Å². The predicted octanol–water partition coefficient (Wildman–Crippen LogP) is 5.07. The molecule has 0 atom stereocenters. The normalized spacial score (nSPS) is 10.8. The van der Waals surface area contributed by atoms with Crippen LogP contribution < -0.4 is 10.1 Å². The molecule has 0 aliphatic heterocycles. The number of carbonyl (C=O) groups is 2. The van der Waals surface area contributed by atoms with Crippen LogP contribution in [0.5, 0.6) is 5.75 Å². The highest BCUT2D eigenvalue weighted by Gasteiger charge is 2.15. The molecular formula is C26H19N5O6S. The summed E-state index contributed by atoms with van der Waals surface area (Å²) in [7, 11) is 1.60. The van der Waals surface area contributed by atoms with E-state index in [1.165, 1.54) is 12.1 Å². The number of hydrogen-bond donors (Lipinski definition) is 2. The minimum atomic E-state index is -0.668. The van der Waals surface area contributed by atoms with E-state index in [0.717, 1.165) is 22.6 Å². The molecule has 0 spiro atoms. The molecule has 0 radical (unpaired) electrons. The smallest absolute Gasteiger partial charge is 0.338 e. The fourth-order valence-corrected chi connectivity index (χ4v) is 4.37. The fraction of sp³-hybridized carbons (Fsp3) is 0.0769. The maximum Gasteiger partial charge on any atom is 0.338 e. The lowest BCUT2D eigenvalue weighted by Gasteiger charge is -2.05. The van der Waals surface area contributed by atoms with Gasteiger partial charge < -0.3 is 14.5 Å². The van der Waals surface area contributed by atoms with Crippen LogP contribution in [0.2, 0.25) is 0 Å². The van der Waals surface area contributed by atoms with Gasteiger partial charge in [-0.1, -0.05) is 12.1 Å². The molecule has 0 bridgehead atoms. The van der Waals surface area contributed by atoms with E-state index in [1.54, 1.807) is 42.8 Å². The number of fused-ring (bicyclic) bond motifs is 1. The first kappa shape index (κ1) is 24.6.